The number of carbonyl (C=O) groups excluding carboxylic acids is 2. The van der Waals surface area contributed by atoms with E-state index in [0.717, 1.165) is 35.4 Å². The Morgan fingerprint density at radius 2 is 1.82 bits per heavy atom. The number of para-hydroxylation sites is 1. The Balaban J connectivity index is 1.85. The number of nitrogens with two attached hydrogens (primary N) is 1. The monoisotopic (exact) mass is 401 g/mol. The highest BCUT2D eigenvalue weighted by Gasteiger charge is 2.13. The smallest absolute Gasteiger partial charge is 0.404 e. The van der Waals surface area contributed by atoms with Crippen LogP contribution in [0.2, 0.25) is 0 Å². The number of benzene rings is 2. The van der Waals surface area contributed by atoms with E-state index in [2.05, 4.69) is 17.6 Å². The first-order chi connectivity index (χ1) is 13.5. The lowest BCUT2D eigenvalue weighted by Gasteiger charge is -2.16. The van der Waals surface area contributed by atoms with Gasteiger partial charge in [0.1, 0.15) is 6.10 Å². The maximum absolute atomic E-state index is 12.1. The van der Waals surface area contributed by atoms with Crippen molar-refractivity contribution in [3.05, 3.63) is 54.1 Å². The molecule has 0 aromatic heterocycles. The summed E-state index contributed by atoms with van der Waals surface area (Å²) in [4.78, 5) is 24.2. The van der Waals surface area contributed by atoms with Gasteiger partial charge in [0.15, 0.2) is 0 Å². The third kappa shape index (κ3) is 7.52. The molecule has 0 fully saturated rings. The molecule has 0 bridgehead atoms. The molecule has 0 aliphatic carbocycles. The van der Waals surface area contributed by atoms with Gasteiger partial charge in [-0.1, -0.05) is 38.0 Å². The van der Waals surface area contributed by atoms with Crippen LogP contribution in [0, 0.1) is 6.92 Å². The summed E-state index contributed by atoms with van der Waals surface area (Å²) < 4.78 is 5.17. The van der Waals surface area contributed by atoms with Crippen molar-refractivity contribution in [1.82, 2.24) is 0 Å². The molecule has 150 valence electrons. The van der Waals surface area contributed by atoms with Crippen molar-refractivity contribution in [2.24, 2.45) is 5.73 Å². The molecule has 3 amide bonds. The Kier molecular flexibility index (Phi) is 8.68. The van der Waals surface area contributed by atoms with Crippen LogP contribution in [-0.4, -0.2) is 24.0 Å². The zero-order chi connectivity index (χ0) is 20.4. The number of ether oxygens (including phenoxy) is 1. The summed E-state index contributed by atoms with van der Waals surface area (Å²) in [6, 6.07) is 14.9. The molecule has 0 radical (unpaired) electrons. The number of unbranched alkanes of at least 4 members (excludes halogenated alkanes) is 1. The van der Waals surface area contributed by atoms with E-state index in [1.54, 1.807) is 11.8 Å². The second kappa shape index (κ2) is 11.2. The van der Waals surface area contributed by atoms with Crippen molar-refractivity contribution in [3.63, 3.8) is 0 Å². The minimum absolute atomic E-state index is 0.194. The van der Waals surface area contributed by atoms with Crippen LogP contribution in [-0.2, 0) is 4.74 Å². The molecule has 0 spiro atoms. The Labute approximate surface area is 170 Å². The zero-order valence-electron chi connectivity index (χ0n) is 16.2. The predicted molar refractivity (Wildman–Crippen MR) is 115 cm³/mol. The van der Waals surface area contributed by atoms with E-state index in [0.29, 0.717) is 11.4 Å². The van der Waals surface area contributed by atoms with Gasteiger partial charge in [-0.05, 0) is 49.2 Å². The van der Waals surface area contributed by atoms with E-state index in [9.17, 15) is 9.59 Å². The number of hydrogen-bond acceptors (Lipinski definition) is 4. The molecular weight excluding hydrogens is 374 g/mol. The molecule has 7 heteroatoms. The fourth-order valence-corrected chi connectivity index (χ4v) is 3.54. The average molecular weight is 402 g/mol. The molecule has 0 unspecified atom stereocenters. The van der Waals surface area contributed by atoms with Crippen molar-refractivity contribution in [1.29, 1.82) is 0 Å². The van der Waals surface area contributed by atoms with Crippen LogP contribution in [0.3, 0.4) is 0 Å². The van der Waals surface area contributed by atoms with Crippen LogP contribution in [0.15, 0.2) is 53.4 Å². The number of primary amides is 1. The number of nitrogens with one attached hydrogen (secondary N) is 2. The number of amides is 3. The number of hydrogen-bond donors (Lipinski definition) is 3. The molecule has 0 aliphatic rings. The quantitative estimate of drug-likeness (QED) is 0.491. The Morgan fingerprint density at radius 1 is 1.11 bits per heavy atom. The van der Waals surface area contributed by atoms with Crippen LogP contribution in [0.4, 0.5) is 21.0 Å². The summed E-state index contributed by atoms with van der Waals surface area (Å²) in [6.45, 7) is 4.03. The zero-order valence-corrected chi connectivity index (χ0v) is 17.1. The highest BCUT2D eigenvalue weighted by molar-refractivity contribution is 7.99. The topological polar surface area (TPSA) is 93.4 Å². The normalized spacial score (nSPS) is 11.5. The molecule has 2 aromatic rings. The van der Waals surface area contributed by atoms with Gasteiger partial charge in [-0.15, -0.1) is 11.8 Å². The predicted octanol–water partition coefficient (Wildman–Crippen LogP) is 5.39. The average Bonchev–Trinajstić information content (AvgIpc) is 2.66. The molecular formula is C21H27N3O3S. The molecule has 0 aliphatic heterocycles. The lowest BCUT2D eigenvalue weighted by Crippen LogP contribution is -2.24. The largest absolute Gasteiger partial charge is 0.446 e. The van der Waals surface area contributed by atoms with Crippen molar-refractivity contribution in [2.75, 3.05) is 16.4 Å². The molecule has 4 N–H and O–H groups in total. The minimum atomic E-state index is -0.735. The number of urea groups is 1. The number of carbonyl (C=O) groups is 2. The van der Waals surface area contributed by atoms with Crippen molar-refractivity contribution in [3.8, 4) is 0 Å². The molecule has 28 heavy (non-hydrogen) atoms. The third-order valence-electron chi connectivity index (χ3n) is 4.10. The highest BCUT2D eigenvalue weighted by Crippen LogP contribution is 2.23. The molecule has 0 saturated carbocycles. The van der Waals surface area contributed by atoms with E-state index < -0.39 is 6.09 Å². The van der Waals surface area contributed by atoms with Gasteiger partial charge in [-0.2, -0.15) is 0 Å². The van der Waals surface area contributed by atoms with Gasteiger partial charge in [-0.3, -0.25) is 0 Å². The van der Waals surface area contributed by atoms with Gasteiger partial charge in [0.25, 0.3) is 0 Å². The van der Waals surface area contributed by atoms with E-state index >= 15 is 0 Å². The van der Waals surface area contributed by atoms with E-state index in [4.69, 9.17) is 10.5 Å². The van der Waals surface area contributed by atoms with Crippen LogP contribution >= 0.6 is 11.8 Å². The second-order valence-electron chi connectivity index (χ2n) is 6.43. The van der Waals surface area contributed by atoms with Crippen molar-refractivity contribution >= 4 is 35.3 Å². The van der Waals surface area contributed by atoms with Gasteiger partial charge >= 0.3 is 12.1 Å². The molecule has 1 atom stereocenters. The molecule has 2 aromatic carbocycles. The third-order valence-corrected chi connectivity index (χ3v) is 5.25. The lowest BCUT2D eigenvalue weighted by atomic mass is 10.2. The number of aryl methyl sites for hydroxylation is 1. The van der Waals surface area contributed by atoms with Crippen LogP contribution < -0.4 is 16.4 Å². The summed E-state index contributed by atoms with van der Waals surface area (Å²) in [7, 11) is 0. The van der Waals surface area contributed by atoms with Gasteiger partial charge in [0.2, 0.25) is 0 Å². The van der Waals surface area contributed by atoms with Gasteiger partial charge in [-0.25, -0.2) is 9.59 Å². The summed E-state index contributed by atoms with van der Waals surface area (Å²) in [5.74, 6) is 0.642. The fourth-order valence-electron chi connectivity index (χ4n) is 2.59. The first-order valence-electron chi connectivity index (χ1n) is 9.30. The van der Waals surface area contributed by atoms with Crippen molar-refractivity contribution in [2.45, 2.75) is 44.1 Å². The summed E-state index contributed by atoms with van der Waals surface area (Å²) in [6.07, 6.45) is 1.89. The highest BCUT2D eigenvalue weighted by atomic mass is 32.2. The standard InChI is InChI=1S/C21H27N3O3S/c1-3-4-8-17(27-20(22)25)14-28-18-12-10-16(11-13-18)23-21(26)24-19-9-6-5-7-15(19)2/h5-7,9-13,17H,3-4,8,14H2,1-2H3,(H2,22,25)(H2,23,24,26)/t17-/m0/s1. The van der Waals surface area contributed by atoms with E-state index in [-0.39, 0.29) is 12.1 Å². The number of rotatable bonds is 9. The Morgan fingerprint density at radius 3 is 2.46 bits per heavy atom. The Bertz CT molecular complexity index is 781. The van der Waals surface area contributed by atoms with Crippen molar-refractivity contribution < 1.29 is 14.3 Å². The van der Waals surface area contributed by atoms with Crippen LogP contribution in [0.5, 0.6) is 0 Å². The van der Waals surface area contributed by atoms with E-state index in [1.807, 2.05) is 55.5 Å². The van der Waals surface area contributed by atoms with Gasteiger partial charge < -0.3 is 21.1 Å². The first-order valence-corrected chi connectivity index (χ1v) is 10.3. The minimum Gasteiger partial charge on any atom is -0.446 e. The van der Waals surface area contributed by atoms with Crippen LogP contribution in [0.1, 0.15) is 31.7 Å². The first kappa shape index (κ1) is 21.6. The number of anilines is 2. The summed E-state index contributed by atoms with van der Waals surface area (Å²) in [5.41, 5.74) is 7.63. The summed E-state index contributed by atoms with van der Waals surface area (Å²) >= 11 is 1.59. The lowest BCUT2D eigenvalue weighted by molar-refractivity contribution is 0.112. The molecule has 0 saturated heterocycles. The van der Waals surface area contributed by atoms with E-state index in [1.165, 1.54) is 0 Å². The SMILES string of the molecule is CCCC[C@@H](CSc1ccc(NC(=O)Nc2ccccc2C)cc1)OC(N)=O. The Hall–Kier alpha value is -2.67. The fraction of sp³-hybridized carbons (Fsp3) is 0.333. The summed E-state index contributed by atoms with van der Waals surface area (Å²) in [5, 5.41) is 5.65. The van der Waals surface area contributed by atoms with Gasteiger partial charge in [0, 0.05) is 22.0 Å². The van der Waals surface area contributed by atoms with Gasteiger partial charge in [0.05, 0.1) is 0 Å². The molecule has 0 heterocycles. The second-order valence-corrected chi connectivity index (χ2v) is 7.52. The maximum Gasteiger partial charge on any atom is 0.404 e. The molecule has 2 rings (SSSR count). The molecule has 6 nitrogen and oxygen atoms in total. The number of thioether (sulfide) groups is 1. The maximum atomic E-state index is 12.1. The van der Waals surface area contributed by atoms with Crippen LogP contribution in [0.25, 0.3) is 0 Å².